The number of nitrogens with zero attached hydrogens (tertiary/aromatic N) is 4. The van der Waals surface area contributed by atoms with Crippen molar-refractivity contribution in [2.24, 2.45) is 0 Å². The minimum atomic E-state index is 0.944. The topological polar surface area (TPSA) is 33.5 Å². The monoisotopic (exact) mass is 268 g/mol. The van der Waals surface area contributed by atoms with E-state index in [-0.39, 0.29) is 0 Å². The van der Waals surface area contributed by atoms with E-state index in [0.29, 0.717) is 0 Å². The molecule has 0 fully saturated rings. The van der Waals surface area contributed by atoms with E-state index in [0.717, 1.165) is 37.3 Å². The summed E-state index contributed by atoms with van der Waals surface area (Å²) < 4.78 is 4.24. The van der Waals surface area contributed by atoms with E-state index in [2.05, 4.69) is 32.3 Å². The molecule has 0 N–H and O–H groups in total. The van der Waals surface area contributed by atoms with E-state index >= 15 is 0 Å². The van der Waals surface area contributed by atoms with Crippen molar-refractivity contribution >= 4 is 12.2 Å². The van der Waals surface area contributed by atoms with Gasteiger partial charge in [-0.15, -0.1) is 0 Å². The van der Waals surface area contributed by atoms with Crippen molar-refractivity contribution < 1.29 is 9.13 Å². The van der Waals surface area contributed by atoms with Gasteiger partial charge < -0.3 is 0 Å². The molecule has 0 spiro atoms. The van der Waals surface area contributed by atoms with Gasteiger partial charge in [-0.25, -0.2) is 9.13 Å². The van der Waals surface area contributed by atoms with Crippen molar-refractivity contribution in [3.63, 3.8) is 0 Å². The van der Waals surface area contributed by atoms with Crippen LogP contribution in [0.3, 0.4) is 0 Å². The summed E-state index contributed by atoms with van der Waals surface area (Å²) in [7, 11) is 0. The molecule has 4 nitrogen and oxygen atoms in total. The van der Waals surface area contributed by atoms with E-state index in [4.69, 9.17) is 0 Å². The first-order valence-corrected chi connectivity index (χ1v) is 6.77. The Bertz CT molecular complexity index is 539. The average Bonchev–Trinajstić information content (AvgIpc) is 2.52. The minimum Gasteiger partial charge on any atom is -0.230 e. The third-order valence-corrected chi connectivity index (χ3v) is 3.20. The summed E-state index contributed by atoms with van der Waals surface area (Å²) in [6.07, 6.45) is 13.1. The first-order chi connectivity index (χ1) is 9.85. The van der Waals surface area contributed by atoms with Crippen molar-refractivity contribution in [1.29, 1.82) is 0 Å². The van der Waals surface area contributed by atoms with Crippen LogP contribution in [0.15, 0.2) is 50.3 Å². The number of rotatable bonds is 7. The lowest BCUT2D eigenvalue weighted by molar-refractivity contribution is -0.712. The summed E-state index contributed by atoms with van der Waals surface area (Å²) in [4.78, 5) is 8.29. The maximum absolute atomic E-state index is 4.14. The van der Waals surface area contributed by atoms with Gasteiger partial charge in [-0.1, -0.05) is 23.1 Å². The fourth-order valence-corrected chi connectivity index (χ4v) is 2.11. The lowest BCUT2D eigenvalue weighted by Crippen LogP contribution is -2.39. The van der Waals surface area contributed by atoms with Gasteiger partial charge >= 0.3 is 0 Å². The summed E-state index contributed by atoms with van der Waals surface area (Å²) in [6, 6.07) is 3.94. The largest absolute Gasteiger partial charge is 0.286 e. The maximum atomic E-state index is 4.14. The van der Waals surface area contributed by atoms with E-state index in [9.17, 15) is 0 Å². The number of hydrogen-bond acceptors (Lipinski definition) is 2. The summed E-state index contributed by atoms with van der Waals surface area (Å²) in [5.41, 5.74) is 2.20. The second kappa shape index (κ2) is 7.28. The van der Waals surface area contributed by atoms with Gasteiger partial charge in [-0.05, 0) is 25.0 Å². The highest BCUT2D eigenvalue weighted by molar-refractivity contribution is 5.36. The lowest BCUT2D eigenvalue weighted by Gasteiger charge is -2.04. The normalized spacial score (nSPS) is 10.2. The smallest absolute Gasteiger partial charge is 0.230 e. The molecule has 2 aromatic rings. The Labute approximate surface area is 119 Å². The van der Waals surface area contributed by atoms with Crippen LogP contribution in [0.25, 0.3) is 12.2 Å². The summed E-state index contributed by atoms with van der Waals surface area (Å²) in [5.74, 6) is 0. The molecule has 0 unspecified atom stereocenters. The molecule has 0 aliphatic rings. The minimum absolute atomic E-state index is 0.944. The third-order valence-electron chi connectivity index (χ3n) is 3.20. The van der Waals surface area contributed by atoms with Gasteiger partial charge in [0.1, 0.15) is 23.8 Å². The van der Waals surface area contributed by atoms with Gasteiger partial charge in [0.25, 0.3) is 12.7 Å². The van der Waals surface area contributed by atoms with Crippen LogP contribution in [0.2, 0.25) is 0 Å². The molecular formula is C16H20N4+2. The van der Waals surface area contributed by atoms with E-state index in [1.54, 1.807) is 12.4 Å². The molecule has 0 aliphatic carbocycles. The second-order valence-corrected chi connectivity index (χ2v) is 4.51. The van der Waals surface area contributed by atoms with Crippen molar-refractivity contribution in [3.8, 4) is 0 Å². The number of aromatic nitrogens is 4. The number of unbranched alkanes of at least 4 members (excludes halogenated alkanes) is 1. The molecule has 0 bridgehead atoms. The Balaban J connectivity index is 1.87. The Morgan fingerprint density at radius 1 is 0.850 bits per heavy atom. The van der Waals surface area contributed by atoms with E-state index in [1.807, 2.05) is 36.9 Å². The molecule has 20 heavy (non-hydrogen) atoms. The second-order valence-electron chi connectivity index (χ2n) is 4.51. The molecule has 0 saturated heterocycles. The zero-order valence-electron chi connectivity index (χ0n) is 11.7. The van der Waals surface area contributed by atoms with Crippen LogP contribution in [0.5, 0.6) is 0 Å². The van der Waals surface area contributed by atoms with E-state index in [1.165, 1.54) is 0 Å². The Kier molecular flexibility index (Phi) is 5.12. The first-order valence-electron chi connectivity index (χ1n) is 6.77. The molecule has 2 aromatic heterocycles. The fraction of sp³-hybridized carbons (Fsp3) is 0.250. The van der Waals surface area contributed by atoms with Gasteiger partial charge in [-0.2, -0.15) is 0 Å². The van der Waals surface area contributed by atoms with Gasteiger partial charge in [0.05, 0.1) is 13.1 Å². The van der Waals surface area contributed by atoms with Gasteiger partial charge in [0, 0.05) is 12.1 Å². The van der Waals surface area contributed by atoms with E-state index < -0.39 is 0 Å². The van der Waals surface area contributed by atoms with Gasteiger partial charge in [-0.3, -0.25) is 0 Å². The molecule has 102 valence electrons. The standard InChI is InChI=1S/C16H20N4/c1-3-15-7-9-17-13-19(15)11-5-6-12-20-14-18-10-8-16(20)4-2/h3-4,7-10,13-14H,1-2,5-6,11-12H2/q+2. The molecule has 2 heterocycles. The van der Waals surface area contributed by atoms with Crippen LogP contribution in [-0.4, -0.2) is 9.97 Å². The quantitative estimate of drug-likeness (QED) is 0.567. The fourth-order valence-electron chi connectivity index (χ4n) is 2.11. The molecule has 0 radical (unpaired) electrons. The SMILES string of the molecule is C=Cc1ccnc[n+]1CCCC[n+]1cnccc1C=C. The summed E-state index contributed by atoms with van der Waals surface area (Å²) in [6.45, 7) is 9.52. The molecule has 0 aromatic carbocycles. The predicted octanol–water partition coefficient (Wildman–Crippen LogP) is 1.82. The Morgan fingerprint density at radius 3 is 1.70 bits per heavy atom. The molecule has 2 rings (SSSR count). The van der Waals surface area contributed by atoms with Crippen LogP contribution in [0.1, 0.15) is 24.2 Å². The zero-order chi connectivity index (χ0) is 14.2. The number of aryl methyl sites for hydroxylation is 2. The van der Waals surface area contributed by atoms with Crippen LogP contribution < -0.4 is 9.13 Å². The molecular weight excluding hydrogens is 248 g/mol. The third kappa shape index (κ3) is 3.57. The van der Waals surface area contributed by atoms with Crippen LogP contribution in [0, 0.1) is 0 Å². The average molecular weight is 268 g/mol. The highest BCUT2D eigenvalue weighted by atomic mass is 15.0. The predicted molar refractivity (Wildman–Crippen MR) is 78.3 cm³/mol. The van der Waals surface area contributed by atoms with Crippen molar-refractivity contribution in [2.75, 3.05) is 0 Å². The summed E-state index contributed by atoms with van der Waals surface area (Å²) in [5, 5.41) is 0. The van der Waals surface area contributed by atoms with Gasteiger partial charge in [0.15, 0.2) is 0 Å². The van der Waals surface area contributed by atoms with Crippen molar-refractivity contribution in [3.05, 3.63) is 61.7 Å². The summed E-state index contributed by atoms with van der Waals surface area (Å²) >= 11 is 0. The number of hydrogen-bond donors (Lipinski definition) is 0. The molecule has 0 atom stereocenters. The highest BCUT2D eigenvalue weighted by Gasteiger charge is 2.06. The molecule has 4 heteroatoms. The maximum Gasteiger partial charge on any atom is 0.286 e. The Hall–Kier alpha value is -2.36. The molecule has 0 amide bonds. The highest BCUT2D eigenvalue weighted by Crippen LogP contribution is 1.96. The molecule has 0 aliphatic heterocycles. The zero-order valence-corrected chi connectivity index (χ0v) is 11.7. The van der Waals surface area contributed by atoms with Crippen LogP contribution in [0.4, 0.5) is 0 Å². The lowest BCUT2D eigenvalue weighted by atomic mass is 10.2. The van der Waals surface area contributed by atoms with Crippen molar-refractivity contribution in [2.45, 2.75) is 25.9 Å². The van der Waals surface area contributed by atoms with Gasteiger partial charge in [0.2, 0.25) is 0 Å². The van der Waals surface area contributed by atoms with Crippen molar-refractivity contribution in [1.82, 2.24) is 9.97 Å². The first kappa shape index (κ1) is 14.1. The Morgan fingerprint density at radius 2 is 1.30 bits per heavy atom. The van der Waals surface area contributed by atoms with Crippen LogP contribution >= 0.6 is 0 Å². The molecule has 0 saturated carbocycles. The van der Waals surface area contributed by atoms with Crippen LogP contribution in [-0.2, 0) is 13.1 Å².